The highest BCUT2D eigenvalue weighted by atomic mass is 35.5. The van der Waals surface area contributed by atoms with Gasteiger partial charge in [0.25, 0.3) is 5.91 Å². The molecule has 0 atom stereocenters. The van der Waals surface area contributed by atoms with E-state index >= 15 is 0 Å². The minimum Gasteiger partial charge on any atom is -0.482 e. The number of ether oxygens (including phenoxy) is 2. The molecular weight excluding hydrogens is 489 g/mol. The summed E-state index contributed by atoms with van der Waals surface area (Å²) in [6.45, 7) is 1.51. The molecule has 1 aromatic heterocycles. The van der Waals surface area contributed by atoms with Gasteiger partial charge in [-0.3, -0.25) is 15.6 Å². The number of anilines is 1. The summed E-state index contributed by atoms with van der Waals surface area (Å²) < 4.78 is 23.3. The molecule has 0 aliphatic rings. The number of nitrogens with one attached hydrogen (secondary N) is 3. The Labute approximate surface area is 203 Å². The van der Waals surface area contributed by atoms with Crippen LogP contribution in [-0.2, 0) is 9.53 Å². The number of hydrogen-bond donors (Lipinski definition) is 3. The largest absolute Gasteiger partial charge is 0.482 e. The van der Waals surface area contributed by atoms with Crippen molar-refractivity contribution in [2.45, 2.75) is 6.92 Å². The highest BCUT2D eigenvalue weighted by Gasteiger charge is 2.24. The molecule has 2 aromatic carbocycles. The predicted octanol–water partition coefficient (Wildman–Crippen LogP) is 4.70. The van der Waals surface area contributed by atoms with Gasteiger partial charge in [0.05, 0.1) is 12.1 Å². The highest BCUT2D eigenvalue weighted by Crippen LogP contribution is 2.40. The SMILES string of the molecule is COC(=O)c1c(NC(=S)NNC(=O)COc2ccc(F)cc2Cl)sc(C)c1-c1ccccc1. The van der Waals surface area contributed by atoms with Crippen LogP contribution in [0.15, 0.2) is 48.5 Å². The van der Waals surface area contributed by atoms with E-state index in [1.165, 1.54) is 30.6 Å². The summed E-state index contributed by atoms with van der Waals surface area (Å²) in [4.78, 5) is 25.4. The Morgan fingerprint density at radius 1 is 1.15 bits per heavy atom. The Bertz CT molecular complexity index is 1190. The number of hydrazine groups is 1. The Morgan fingerprint density at radius 2 is 1.88 bits per heavy atom. The van der Waals surface area contributed by atoms with Crippen molar-refractivity contribution < 1.29 is 23.5 Å². The number of esters is 1. The van der Waals surface area contributed by atoms with Gasteiger partial charge in [0.1, 0.15) is 22.1 Å². The molecule has 7 nitrogen and oxygen atoms in total. The van der Waals surface area contributed by atoms with E-state index in [0.717, 1.165) is 22.1 Å². The maximum absolute atomic E-state index is 13.1. The molecule has 3 N–H and O–H groups in total. The second-order valence-electron chi connectivity index (χ2n) is 6.59. The first-order valence-corrected chi connectivity index (χ1v) is 11.1. The number of thiophene rings is 1. The number of carbonyl (C=O) groups is 2. The molecule has 0 bridgehead atoms. The van der Waals surface area contributed by atoms with E-state index in [1.54, 1.807) is 0 Å². The maximum atomic E-state index is 13.1. The van der Waals surface area contributed by atoms with Crippen LogP contribution in [0.25, 0.3) is 11.1 Å². The number of hydrogen-bond acceptors (Lipinski definition) is 6. The summed E-state index contributed by atoms with van der Waals surface area (Å²) in [6.07, 6.45) is 0. The summed E-state index contributed by atoms with van der Waals surface area (Å²) in [5.41, 5.74) is 6.87. The summed E-state index contributed by atoms with van der Waals surface area (Å²) in [7, 11) is 1.30. The third-order valence-corrected chi connectivity index (χ3v) is 5.85. The molecule has 3 rings (SSSR count). The molecule has 0 radical (unpaired) electrons. The lowest BCUT2D eigenvalue weighted by Gasteiger charge is -2.13. The second kappa shape index (κ2) is 11.1. The van der Waals surface area contributed by atoms with Gasteiger partial charge in [-0.05, 0) is 42.9 Å². The van der Waals surface area contributed by atoms with E-state index in [9.17, 15) is 14.0 Å². The molecule has 172 valence electrons. The van der Waals surface area contributed by atoms with Crippen LogP contribution in [-0.4, -0.2) is 30.7 Å². The number of methoxy groups -OCH3 is 1. The van der Waals surface area contributed by atoms with Crippen LogP contribution in [0, 0.1) is 12.7 Å². The summed E-state index contributed by atoms with van der Waals surface area (Å²) in [6, 6.07) is 13.0. The molecule has 3 aromatic rings. The van der Waals surface area contributed by atoms with Gasteiger partial charge >= 0.3 is 5.97 Å². The lowest BCUT2D eigenvalue weighted by molar-refractivity contribution is -0.123. The number of aryl methyl sites for hydroxylation is 1. The number of carbonyl (C=O) groups excluding carboxylic acids is 2. The van der Waals surface area contributed by atoms with E-state index in [0.29, 0.717) is 10.6 Å². The zero-order valence-electron chi connectivity index (χ0n) is 17.5. The van der Waals surface area contributed by atoms with Gasteiger partial charge in [-0.2, -0.15) is 0 Å². The molecule has 0 aliphatic heterocycles. The third kappa shape index (κ3) is 6.19. The van der Waals surface area contributed by atoms with Crippen LogP contribution in [0.2, 0.25) is 5.02 Å². The second-order valence-corrected chi connectivity index (χ2v) is 8.63. The van der Waals surface area contributed by atoms with Crippen molar-refractivity contribution in [1.29, 1.82) is 0 Å². The van der Waals surface area contributed by atoms with E-state index < -0.39 is 17.7 Å². The molecule has 0 unspecified atom stereocenters. The number of benzene rings is 2. The van der Waals surface area contributed by atoms with Gasteiger partial charge in [0.15, 0.2) is 11.7 Å². The summed E-state index contributed by atoms with van der Waals surface area (Å²) >= 11 is 12.4. The van der Waals surface area contributed by atoms with Crippen LogP contribution in [0.1, 0.15) is 15.2 Å². The molecule has 1 amide bonds. The molecule has 11 heteroatoms. The first kappa shape index (κ1) is 24.4. The Kier molecular flexibility index (Phi) is 8.21. The molecule has 1 heterocycles. The van der Waals surface area contributed by atoms with Crippen LogP contribution in [0.4, 0.5) is 9.39 Å². The van der Waals surface area contributed by atoms with Gasteiger partial charge in [-0.25, -0.2) is 9.18 Å². The van der Waals surface area contributed by atoms with Gasteiger partial charge in [0, 0.05) is 10.4 Å². The Morgan fingerprint density at radius 3 is 2.55 bits per heavy atom. The zero-order chi connectivity index (χ0) is 24.0. The number of amides is 1. The molecule has 0 saturated heterocycles. The van der Waals surface area contributed by atoms with Crippen molar-refractivity contribution in [2.75, 3.05) is 19.0 Å². The lowest BCUT2D eigenvalue weighted by atomic mass is 10.0. The Balaban J connectivity index is 1.64. The van der Waals surface area contributed by atoms with E-state index in [-0.39, 0.29) is 22.5 Å². The van der Waals surface area contributed by atoms with Crippen molar-refractivity contribution in [1.82, 2.24) is 10.9 Å². The first-order valence-electron chi connectivity index (χ1n) is 9.51. The van der Waals surface area contributed by atoms with E-state index in [1.807, 2.05) is 37.3 Å². The van der Waals surface area contributed by atoms with Crippen molar-refractivity contribution in [2.24, 2.45) is 0 Å². The van der Waals surface area contributed by atoms with Crippen molar-refractivity contribution >= 4 is 57.1 Å². The van der Waals surface area contributed by atoms with Crippen molar-refractivity contribution in [3.8, 4) is 16.9 Å². The third-order valence-electron chi connectivity index (χ3n) is 4.33. The molecule has 33 heavy (non-hydrogen) atoms. The first-order chi connectivity index (χ1) is 15.8. The topological polar surface area (TPSA) is 88.7 Å². The quantitative estimate of drug-likeness (QED) is 0.253. The van der Waals surface area contributed by atoms with Crippen molar-refractivity contribution in [3.63, 3.8) is 0 Å². The minimum atomic E-state index is -0.555. The molecular formula is C22H19ClFN3O4S2. The fraction of sp³-hybridized carbons (Fsp3) is 0.136. The number of thiocarbonyl (C=S) groups is 1. The van der Waals surface area contributed by atoms with E-state index in [2.05, 4.69) is 16.2 Å². The highest BCUT2D eigenvalue weighted by molar-refractivity contribution is 7.80. The summed E-state index contributed by atoms with van der Waals surface area (Å²) in [5, 5.41) is 3.49. The average molecular weight is 508 g/mol. The van der Waals surface area contributed by atoms with Crippen LogP contribution in [0.5, 0.6) is 5.75 Å². The minimum absolute atomic E-state index is 0.0468. The van der Waals surface area contributed by atoms with Gasteiger partial charge in [0.2, 0.25) is 0 Å². The zero-order valence-corrected chi connectivity index (χ0v) is 19.9. The fourth-order valence-electron chi connectivity index (χ4n) is 2.91. The van der Waals surface area contributed by atoms with Crippen LogP contribution in [0.3, 0.4) is 0 Å². The predicted molar refractivity (Wildman–Crippen MR) is 130 cm³/mol. The maximum Gasteiger partial charge on any atom is 0.341 e. The monoisotopic (exact) mass is 507 g/mol. The number of rotatable bonds is 6. The van der Waals surface area contributed by atoms with Crippen LogP contribution >= 0.6 is 35.2 Å². The summed E-state index contributed by atoms with van der Waals surface area (Å²) in [5.74, 6) is -1.42. The molecule has 0 saturated carbocycles. The fourth-order valence-corrected chi connectivity index (χ4v) is 4.42. The van der Waals surface area contributed by atoms with Crippen LogP contribution < -0.4 is 20.9 Å². The smallest absolute Gasteiger partial charge is 0.341 e. The normalized spacial score (nSPS) is 10.3. The van der Waals surface area contributed by atoms with Gasteiger partial charge in [-0.1, -0.05) is 41.9 Å². The average Bonchev–Trinajstić information content (AvgIpc) is 3.12. The van der Waals surface area contributed by atoms with Gasteiger partial charge < -0.3 is 14.8 Å². The molecule has 0 spiro atoms. The van der Waals surface area contributed by atoms with Crippen molar-refractivity contribution in [3.05, 3.63) is 69.8 Å². The molecule has 0 fully saturated rings. The molecule has 0 aliphatic carbocycles. The Hall–Kier alpha value is -3.21. The standard InChI is InChI=1S/C22H19ClFN3O4S2/c1-12-18(13-6-4-3-5-7-13)19(21(29)30-2)20(33-12)25-22(32)27-26-17(28)11-31-16-9-8-14(24)10-15(16)23/h3-10H,11H2,1-2H3,(H,26,28)(H2,25,27,32). The van der Waals surface area contributed by atoms with E-state index in [4.69, 9.17) is 33.3 Å². The van der Waals surface area contributed by atoms with Gasteiger partial charge in [-0.15, -0.1) is 11.3 Å². The lowest BCUT2D eigenvalue weighted by Crippen LogP contribution is -2.45. The number of halogens is 2.